The topological polar surface area (TPSA) is 17.1 Å². The first-order chi connectivity index (χ1) is 6.09. The molecule has 1 aromatic rings. The molecular weight excluding hydrogens is 160 g/mol. The maximum Gasteiger partial charge on any atom is 0.142 e. The van der Waals surface area contributed by atoms with Gasteiger partial charge >= 0.3 is 0 Å². The summed E-state index contributed by atoms with van der Waals surface area (Å²) in [5.41, 5.74) is 0.659. The average Bonchev–Trinajstić information content (AvgIpc) is 2.18. The maximum absolute atomic E-state index is 11.6. The Balaban J connectivity index is 3.00. The van der Waals surface area contributed by atoms with Gasteiger partial charge in [-0.05, 0) is 26.3 Å². The van der Waals surface area contributed by atoms with Crippen LogP contribution in [0.25, 0.3) is 0 Å². The molecule has 0 bridgehead atoms. The van der Waals surface area contributed by atoms with Gasteiger partial charge in [-0.15, -0.1) is 0 Å². The second-order valence-electron chi connectivity index (χ2n) is 3.66. The molecule has 0 unspecified atom stereocenters. The number of carbonyl (C=O) groups is 1. The predicted molar refractivity (Wildman–Crippen MR) is 54.4 cm³/mol. The highest BCUT2D eigenvalue weighted by molar-refractivity contribution is 5.89. The minimum absolute atomic E-state index is 0.179. The van der Waals surface area contributed by atoms with E-state index in [1.807, 2.05) is 44.2 Å². The molecule has 0 fully saturated rings. The number of hydrogen-bond donors (Lipinski definition) is 0. The van der Waals surface area contributed by atoms with Crippen LogP contribution in [-0.2, 0) is 10.2 Å². The molecule has 0 aliphatic carbocycles. The molecule has 0 spiro atoms. The van der Waals surface area contributed by atoms with Crippen LogP contribution in [0.1, 0.15) is 25.8 Å². The predicted octanol–water partition coefficient (Wildman–Crippen LogP) is 2.76. The van der Waals surface area contributed by atoms with Gasteiger partial charge in [-0.1, -0.05) is 30.3 Å². The molecule has 1 aromatic carbocycles. The molecule has 13 heavy (non-hydrogen) atoms. The van der Waals surface area contributed by atoms with E-state index in [0.717, 1.165) is 5.56 Å². The molecule has 0 aromatic heterocycles. The van der Waals surface area contributed by atoms with Crippen molar-refractivity contribution in [3.63, 3.8) is 0 Å². The van der Waals surface area contributed by atoms with Crippen molar-refractivity contribution >= 4 is 5.78 Å². The number of Topliss-reactive ketones (excluding diaryl/α,β-unsaturated/α-hetero) is 1. The van der Waals surface area contributed by atoms with E-state index in [1.54, 1.807) is 0 Å². The molecule has 1 nitrogen and oxygen atoms in total. The van der Waals surface area contributed by atoms with Crippen molar-refractivity contribution in [3.8, 4) is 0 Å². The summed E-state index contributed by atoms with van der Waals surface area (Å²) in [4.78, 5) is 11.6. The zero-order valence-electron chi connectivity index (χ0n) is 8.21. The number of ketones is 1. The number of hydrogen-bond acceptors (Lipinski definition) is 1. The molecule has 0 aliphatic rings. The van der Waals surface area contributed by atoms with Crippen LogP contribution in [0.2, 0.25) is 0 Å². The van der Waals surface area contributed by atoms with Crippen LogP contribution >= 0.6 is 0 Å². The van der Waals surface area contributed by atoms with Crippen molar-refractivity contribution in [3.05, 3.63) is 42.8 Å². The van der Waals surface area contributed by atoms with E-state index in [-0.39, 0.29) is 5.78 Å². The van der Waals surface area contributed by atoms with Crippen molar-refractivity contribution in [2.75, 3.05) is 0 Å². The first-order valence-corrected chi connectivity index (χ1v) is 4.47. The van der Waals surface area contributed by atoms with E-state index >= 15 is 0 Å². The lowest BCUT2D eigenvalue weighted by Crippen LogP contribution is -2.28. The molecular formula is C12H15O. The van der Waals surface area contributed by atoms with Crippen LogP contribution < -0.4 is 0 Å². The third-order valence-electron chi connectivity index (χ3n) is 2.42. The van der Waals surface area contributed by atoms with E-state index in [2.05, 4.69) is 6.92 Å². The molecule has 0 N–H and O–H groups in total. The summed E-state index contributed by atoms with van der Waals surface area (Å²) < 4.78 is 0. The van der Waals surface area contributed by atoms with Gasteiger partial charge in [-0.25, -0.2) is 0 Å². The third kappa shape index (κ3) is 1.97. The van der Waals surface area contributed by atoms with Gasteiger partial charge in [0, 0.05) is 11.8 Å². The van der Waals surface area contributed by atoms with Crippen molar-refractivity contribution < 1.29 is 4.79 Å². The second kappa shape index (κ2) is 3.73. The molecule has 1 heteroatoms. The monoisotopic (exact) mass is 175 g/mol. The standard InChI is InChI=1S/C12H15O/c1-4-11(13)12(2,3)10-8-6-5-7-9-10/h5-9H,1,4H2,2-3H3. The van der Waals surface area contributed by atoms with Gasteiger partial charge in [0.15, 0.2) is 0 Å². The van der Waals surface area contributed by atoms with Gasteiger partial charge in [-0.3, -0.25) is 4.79 Å². The van der Waals surface area contributed by atoms with E-state index in [9.17, 15) is 4.79 Å². The van der Waals surface area contributed by atoms with Gasteiger partial charge in [0.25, 0.3) is 0 Å². The SMILES string of the molecule is [CH2]CC(=O)C(C)(C)c1ccccc1. The summed E-state index contributed by atoms with van der Waals surface area (Å²) >= 11 is 0. The first-order valence-electron chi connectivity index (χ1n) is 4.47. The molecule has 1 radical (unpaired) electrons. The van der Waals surface area contributed by atoms with Crippen LogP contribution in [-0.4, -0.2) is 5.78 Å². The summed E-state index contributed by atoms with van der Waals surface area (Å²) in [6.45, 7) is 7.51. The van der Waals surface area contributed by atoms with Gasteiger partial charge < -0.3 is 0 Å². The zero-order valence-corrected chi connectivity index (χ0v) is 8.21. The minimum Gasteiger partial charge on any atom is -0.299 e. The Morgan fingerprint density at radius 2 is 1.85 bits per heavy atom. The van der Waals surface area contributed by atoms with E-state index < -0.39 is 5.41 Å². The smallest absolute Gasteiger partial charge is 0.142 e. The summed E-state index contributed by atoms with van der Waals surface area (Å²) in [6.07, 6.45) is 0.349. The van der Waals surface area contributed by atoms with Gasteiger partial charge in [-0.2, -0.15) is 0 Å². The molecule has 0 amide bonds. The average molecular weight is 175 g/mol. The van der Waals surface area contributed by atoms with Crippen molar-refractivity contribution in [2.24, 2.45) is 0 Å². The molecule has 0 atom stereocenters. The fourth-order valence-corrected chi connectivity index (χ4v) is 1.33. The molecule has 0 heterocycles. The van der Waals surface area contributed by atoms with Crippen LogP contribution in [0.3, 0.4) is 0 Å². The fraction of sp³-hybridized carbons (Fsp3) is 0.333. The summed E-state index contributed by atoms with van der Waals surface area (Å²) in [6, 6.07) is 9.82. The maximum atomic E-state index is 11.6. The number of benzene rings is 1. The molecule has 69 valence electrons. The van der Waals surface area contributed by atoms with Crippen molar-refractivity contribution in [1.82, 2.24) is 0 Å². The lowest BCUT2D eigenvalue weighted by atomic mass is 9.80. The highest BCUT2D eigenvalue weighted by Crippen LogP contribution is 2.24. The Labute approximate surface area is 79.8 Å². The normalized spacial score (nSPS) is 11.3. The fourth-order valence-electron chi connectivity index (χ4n) is 1.33. The highest BCUT2D eigenvalue weighted by Gasteiger charge is 2.27. The zero-order chi connectivity index (χ0) is 9.90. The van der Waals surface area contributed by atoms with E-state index in [4.69, 9.17) is 0 Å². The van der Waals surface area contributed by atoms with Crippen LogP contribution in [0.4, 0.5) is 0 Å². The van der Waals surface area contributed by atoms with Crippen LogP contribution in [0, 0.1) is 6.92 Å². The Morgan fingerprint density at radius 1 is 1.31 bits per heavy atom. The van der Waals surface area contributed by atoms with Crippen molar-refractivity contribution in [2.45, 2.75) is 25.7 Å². The Hall–Kier alpha value is -1.11. The van der Waals surface area contributed by atoms with Gasteiger partial charge in [0.2, 0.25) is 0 Å². The Morgan fingerprint density at radius 3 is 2.31 bits per heavy atom. The van der Waals surface area contributed by atoms with Crippen LogP contribution in [0.15, 0.2) is 30.3 Å². The van der Waals surface area contributed by atoms with E-state index in [0.29, 0.717) is 6.42 Å². The second-order valence-corrected chi connectivity index (χ2v) is 3.66. The minimum atomic E-state index is -0.400. The molecule has 0 saturated heterocycles. The highest BCUT2D eigenvalue weighted by atomic mass is 16.1. The Kier molecular flexibility index (Phi) is 2.86. The third-order valence-corrected chi connectivity index (χ3v) is 2.42. The lowest BCUT2D eigenvalue weighted by molar-refractivity contribution is -0.122. The molecule has 1 rings (SSSR count). The molecule has 0 saturated carbocycles. The largest absolute Gasteiger partial charge is 0.299 e. The number of carbonyl (C=O) groups excluding carboxylic acids is 1. The summed E-state index contributed by atoms with van der Waals surface area (Å²) in [5, 5.41) is 0. The Bertz CT molecular complexity index is 285. The van der Waals surface area contributed by atoms with Gasteiger partial charge in [0.1, 0.15) is 5.78 Å². The summed E-state index contributed by atoms with van der Waals surface area (Å²) in [7, 11) is 0. The van der Waals surface area contributed by atoms with Crippen molar-refractivity contribution in [1.29, 1.82) is 0 Å². The lowest BCUT2D eigenvalue weighted by Gasteiger charge is -2.22. The molecule has 0 aliphatic heterocycles. The van der Waals surface area contributed by atoms with Crippen LogP contribution in [0.5, 0.6) is 0 Å². The quantitative estimate of drug-likeness (QED) is 0.690. The first kappa shape index (κ1) is 9.97. The van der Waals surface area contributed by atoms with E-state index in [1.165, 1.54) is 0 Å². The van der Waals surface area contributed by atoms with Gasteiger partial charge in [0.05, 0.1) is 0 Å². The number of rotatable bonds is 3. The summed E-state index contributed by atoms with van der Waals surface area (Å²) in [5.74, 6) is 0.179.